The van der Waals surface area contributed by atoms with E-state index in [0.29, 0.717) is 6.61 Å². The van der Waals surface area contributed by atoms with Crippen LogP contribution in [0.15, 0.2) is 48.1 Å². The molecular formula is C12H13O+. The van der Waals surface area contributed by atoms with E-state index in [-0.39, 0.29) is 0 Å². The summed E-state index contributed by atoms with van der Waals surface area (Å²) in [6.07, 6.45) is 12.5. The Balaban J connectivity index is 2.27. The van der Waals surface area contributed by atoms with E-state index in [1.165, 1.54) is 11.1 Å². The number of hydrogen-bond acceptors (Lipinski definition) is 0. The third-order valence-electron chi connectivity index (χ3n) is 2.28. The smallest absolute Gasteiger partial charge is 0.250 e. The van der Waals surface area contributed by atoms with E-state index in [1.807, 2.05) is 6.08 Å². The minimum Gasteiger partial charge on any atom is -0.250 e. The van der Waals surface area contributed by atoms with Gasteiger partial charge in [0.05, 0.1) is 5.57 Å². The molecule has 0 aliphatic heterocycles. The van der Waals surface area contributed by atoms with Crippen molar-refractivity contribution in [1.82, 2.24) is 0 Å². The highest BCUT2D eigenvalue weighted by Crippen LogP contribution is 2.28. The second kappa shape index (κ2) is 3.56. The molecule has 0 atom stereocenters. The Hall–Kier alpha value is -1.37. The first-order chi connectivity index (χ1) is 6.42. The lowest BCUT2D eigenvalue weighted by atomic mass is 10.0. The number of fused-ring (bicyclic) bond motifs is 1. The second-order valence-corrected chi connectivity index (χ2v) is 3.17. The van der Waals surface area contributed by atoms with E-state index in [4.69, 9.17) is 4.42 Å². The van der Waals surface area contributed by atoms with E-state index in [0.717, 1.165) is 18.6 Å². The molecule has 0 N–H and O–H groups in total. The van der Waals surface area contributed by atoms with Crippen molar-refractivity contribution in [3.8, 4) is 0 Å². The van der Waals surface area contributed by atoms with Crippen LogP contribution >= 0.6 is 0 Å². The van der Waals surface area contributed by atoms with Gasteiger partial charge in [0.25, 0.3) is 6.61 Å². The molecule has 0 saturated heterocycles. The standard InChI is InChI=1S/C12H13O/c1-2-9-13-12-8-4-6-10-5-3-7-11(10)12/h2,4,6-8H,1,3,5,9H2/q+1. The first kappa shape index (κ1) is 8.24. The number of allylic oxidation sites excluding steroid dienone is 6. The van der Waals surface area contributed by atoms with Gasteiger partial charge in [-0.05, 0) is 18.4 Å². The van der Waals surface area contributed by atoms with Crippen molar-refractivity contribution < 1.29 is 4.42 Å². The molecule has 1 heteroatoms. The third kappa shape index (κ3) is 1.55. The molecule has 1 nitrogen and oxygen atoms in total. The van der Waals surface area contributed by atoms with E-state index >= 15 is 0 Å². The van der Waals surface area contributed by atoms with Crippen molar-refractivity contribution in [2.24, 2.45) is 0 Å². The zero-order chi connectivity index (χ0) is 9.10. The van der Waals surface area contributed by atoms with Gasteiger partial charge in [-0.1, -0.05) is 24.8 Å². The van der Waals surface area contributed by atoms with Crippen LogP contribution in [0.1, 0.15) is 12.8 Å². The van der Waals surface area contributed by atoms with Crippen molar-refractivity contribution >= 4 is 5.78 Å². The first-order valence-corrected chi connectivity index (χ1v) is 4.60. The minimum atomic E-state index is 0.588. The van der Waals surface area contributed by atoms with Crippen molar-refractivity contribution in [2.75, 3.05) is 6.61 Å². The van der Waals surface area contributed by atoms with Crippen LogP contribution in [-0.2, 0) is 4.42 Å². The molecule has 0 aromatic heterocycles. The number of ketones is 1. The van der Waals surface area contributed by atoms with Crippen molar-refractivity contribution in [1.29, 1.82) is 0 Å². The molecule has 2 aliphatic carbocycles. The van der Waals surface area contributed by atoms with Gasteiger partial charge in [-0.15, -0.1) is 0 Å². The van der Waals surface area contributed by atoms with Crippen LogP contribution in [0.3, 0.4) is 0 Å². The molecule has 2 rings (SSSR count). The fourth-order valence-electron chi connectivity index (χ4n) is 1.69. The Bertz CT molecular complexity index is 340. The number of rotatable bonds is 2. The molecule has 0 saturated carbocycles. The molecule has 66 valence electrons. The molecule has 0 aromatic rings. The molecular weight excluding hydrogens is 160 g/mol. The normalized spacial score (nSPS) is 22.6. The van der Waals surface area contributed by atoms with Gasteiger partial charge in [0.15, 0.2) is 0 Å². The summed E-state index contributed by atoms with van der Waals surface area (Å²) in [7, 11) is 0. The second-order valence-electron chi connectivity index (χ2n) is 3.17. The quantitative estimate of drug-likeness (QED) is 0.449. The predicted octanol–water partition coefficient (Wildman–Crippen LogP) is 2.49. The van der Waals surface area contributed by atoms with Gasteiger partial charge in [0, 0.05) is 12.2 Å². The Morgan fingerprint density at radius 2 is 2.46 bits per heavy atom. The van der Waals surface area contributed by atoms with Gasteiger partial charge >= 0.3 is 5.78 Å². The summed E-state index contributed by atoms with van der Waals surface area (Å²) in [5.41, 5.74) is 2.69. The van der Waals surface area contributed by atoms with E-state index in [2.05, 4.69) is 24.8 Å². The highest BCUT2D eigenvalue weighted by molar-refractivity contribution is 6.09. The summed E-state index contributed by atoms with van der Waals surface area (Å²) in [6, 6.07) is 0. The van der Waals surface area contributed by atoms with Gasteiger partial charge in [0.1, 0.15) is 0 Å². The number of carbonyl (C=O) groups excluding carboxylic acids is 1. The Morgan fingerprint density at radius 3 is 3.31 bits per heavy atom. The topological polar surface area (TPSA) is 11.3 Å². The molecule has 13 heavy (non-hydrogen) atoms. The van der Waals surface area contributed by atoms with Gasteiger partial charge in [-0.25, -0.2) is 4.42 Å². The molecule has 0 unspecified atom stereocenters. The van der Waals surface area contributed by atoms with Gasteiger partial charge in [-0.2, -0.15) is 0 Å². The lowest BCUT2D eigenvalue weighted by Gasteiger charge is -2.01. The average Bonchev–Trinajstić information content (AvgIpc) is 2.62. The zero-order valence-corrected chi connectivity index (χ0v) is 7.62. The molecule has 0 heterocycles. The largest absolute Gasteiger partial charge is 0.351 e. The summed E-state index contributed by atoms with van der Waals surface area (Å²) in [4.78, 5) is 0. The van der Waals surface area contributed by atoms with E-state index in [1.54, 1.807) is 6.08 Å². The number of hydrogen-bond donors (Lipinski definition) is 0. The molecule has 0 amide bonds. The van der Waals surface area contributed by atoms with Crippen molar-refractivity contribution in [3.63, 3.8) is 0 Å². The van der Waals surface area contributed by atoms with Crippen molar-refractivity contribution in [3.05, 3.63) is 48.1 Å². The Kier molecular flexibility index (Phi) is 2.26. The predicted molar refractivity (Wildman–Crippen MR) is 54.6 cm³/mol. The maximum atomic E-state index is 5.55. The monoisotopic (exact) mass is 173 g/mol. The van der Waals surface area contributed by atoms with E-state index < -0.39 is 0 Å². The molecule has 2 aliphatic rings. The average molecular weight is 173 g/mol. The lowest BCUT2D eigenvalue weighted by molar-refractivity contribution is -0.442. The van der Waals surface area contributed by atoms with Gasteiger partial charge in [0.2, 0.25) is 0 Å². The van der Waals surface area contributed by atoms with Crippen LogP contribution in [0, 0.1) is 0 Å². The van der Waals surface area contributed by atoms with Crippen LogP contribution < -0.4 is 0 Å². The first-order valence-electron chi connectivity index (χ1n) is 4.60. The summed E-state index contributed by atoms with van der Waals surface area (Å²) >= 11 is 0. The SMILES string of the molecule is C=CC[O+]=C1C=CC=C2CCC=C21. The highest BCUT2D eigenvalue weighted by atomic mass is 16.4. The molecule has 0 radical (unpaired) electrons. The fourth-order valence-corrected chi connectivity index (χ4v) is 1.69. The Labute approximate surface area is 78.5 Å². The van der Waals surface area contributed by atoms with Crippen molar-refractivity contribution in [2.45, 2.75) is 12.8 Å². The molecule has 0 fully saturated rings. The fraction of sp³-hybridized carbons (Fsp3) is 0.250. The highest BCUT2D eigenvalue weighted by Gasteiger charge is 2.24. The summed E-state index contributed by atoms with van der Waals surface area (Å²) in [5, 5.41) is 0. The third-order valence-corrected chi connectivity index (χ3v) is 2.28. The minimum absolute atomic E-state index is 0.588. The summed E-state index contributed by atoms with van der Waals surface area (Å²) in [6.45, 7) is 4.22. The van der Waals surface area contributed by atoms with Gasteiger partial charge < -0.3 is 0 Å². The van der Waals surface area contributed by atoms with Crippen LogP contribution in [0.2, 0.25) is 0 Å². The molecule has 0 aromatic carbocycles. The summed E-state index contributed by atoms with van der Waals surface area (Å²) in [5.74, 6) is 0.995. The molecule has 0 spiro atoms. The lowest BCUT2D eigenvalue weighted by Crippen LogP contribution is -2.06. The van der Waals surface area contributed by atoms with E-state index in [9.17, 15) is 0 Å². The summed E-state index contributed by atoms with van der Waals surface area (Å²) < 4.78 is 5.55. The van der Waals surface area contributed by atoms with Gasteiger partial charge in [-0.3, -0.25) is 0 Å². The zero-order valence-electron chi connectivity index (χ0n) is 7.62. The van der Waals surface area contributed by atoms with Crippen LogP contribution in [0.4, 0.5) is 0 Å². The maximum Gasteiger partial charge on any atom is 0.351 e. The molecule has 0 bridgehead atoms. The van der Waals surface area contributed by atoms with Crippen LogP contribution in [-0.4, -0.2) is 12.4 Å². The van der Waals surface area contributed by atoms with Crippen LogP contribution in [0.5, 0.6) is 0 Å². The Morgan fingerprint density at radius 1 is 1.54 bits per heavy atom. The van der Waals surface area contributed by atoms with Crippen LogP contribution in [0.25, 0.3) is 0 Å². The maximum absolute atomic E-state index is 5.55.